The average Bonchev–Trinajstić information content (AvgIpc) is 3.26. The van der Waals surface area contributed by atoms with Crippen LogP contribution in [-0.2, 0) is 11.2 Å². The largest absolute Gasteiger partial charge is 0.497 e. The number of aryl methyl sites for hydroxylation is 1. The molecule has 1 N–H and O–H groups in total. The van der Waals surface area contributed by atoms with Crippen molar-refractivity contribution in [1.29, 1.82) is 0 Å². The van der Waals surface area contributed by atoms with Crippen molar-refractivity contribution >= 4 is 43.8 Å². The molecule has 0 bridgehead atoms. The number of carbonyl (C=O) groups excluding carboxylic acids is 1. The summed E-state index contributed by atoms with van der Waals surface area (Å²) in [4.78, 5) is 18.1. The number of hydrogen-bond donors (Lipinski definition) is 1. The molecule has 142 valence electrons. The summed E-state index contributed by atoms with van der Waals surface area (Å²) >= 11 is 5.02. The van der Waals surface area contributed by atoms with Crippen LogP contribution < -0.4 is 10.1 Å². The van der Waals surface area contributed by atoms with Gasteiger partial charge in [-0.15, -0.1) is 11.3 Å². The minimum Gasteiger partial charge on any atom is -0.497 e. The molecule has 1 amide bonds. The van der Waals surface area contributed by atoms with Gasteiger partial charge in [-0.05, 0) is 64.8 Å². The Hall–Kier alpha value is -2.64. The smallest absolute Gasteiger partial charge is 0.230 e. The number of imidazole rings is 1. The number of aromatic nitrogens is 2. The lowest BCUT2D eigenvalue weighted by Gasteiger charge is -2.08. The Balaban J connectivity index is 1.54. The number of nitrogens with zero attached hydrogens (tertiary/aromatic N) is 2. The van der Waals surface area contributed by atoms with Crippen LogP contribution in [-0.4, -0.2) is 22.4 Å². The highest BCUT2D eigenvalue weighted by molar-refractivity contribution is 9.10. The van der Waals surface area contributed by atoms with Crippen LogP contribution in [0.1, 0.15) is 11.3 Å². The molecule has 0 aliphatic carbocycles. The molecule has 5 nitrogen and oxygen atoms in total. The number of hydrogen-bond acceptors (Lipinski definition) is 4. The Labute approximate surface area is 175 Å². The molecule has 0 fully saturated rings. The van der Waals surface area contributed by atoms with Crippen molar-refractivity contribution in [3.63, 3.8) is 0 Å². The quantitative estimate of drug-likeness (QED) is 0.442. The molecule has 0 atom stereocenters. The van der Waals surface area contributed by atoms with Gasteiger partial charge in [-0.25, -0.2) is 4.98 Å². The minimum atomic E-state index is -0.0658. The first kappa shape index (κ1) is 18.7. The van der Waals surface area contributed by atoms with Gasteiger partial charge in [0.15, 0.2) is 4.96 Å². The molecule has 0 aliphatic heterocycles. The molecule has 0 radical (unpaired) electrons. The van der Waals surface area contributed by atoms with E-state index < -0.39 is 0 Å². The van der Waals surface area contributed by atoms with Gasteiger partial charge < -0.3 is 10.1 Å². The second kappa shape index (κ2) is 7.77. The number of nitrogens with one attached hydrogen (secondary N) is 1. The van der Waals surface area contributed by atoms with Gasteiger partial charge in [0.1, 0.15) is 5.75 Å². The summed E-state index contributed by atoms with van der Waals surface area (Å²) in [5, 5.41) is 4.94. The molecule has 0 saturated heterocycles. The number of benzene rings is 2. The third-order valence-electron chi connectivity index (χ3n) is 4.41. The summed E-state index contributed by atoms with van der Waals surface area (Å²) in [5.41, 5.74) is 4.70. The molecule has 0 aliphatic rings. The average molecular weight is 456 g/mol. The van der Waals surface area contributed by atoms with Gasteiger partial charge in [-0.3, -0.25) is 9.20 Å². The van der Waals surface area contributed by atoms with E-state index in [1.165, 1.54) is 11.3 Å². The summed E-state index contributed by atoms with van der Waals surface area (Å²) in [6, 6.07) is 13.6. The van der Waals surface area contributed by atoms with Gasteiger partial charge in [0, 0.05) is 27.3 Å². The van der Waals surface area contributed by atoms with Crippen molar-refractivity contribution in [3.05, 3.63) is 69.8 Å². The zero-order chi connectivity index (χ0) is 19.7. The van der Waals surface area contributed by atoms with E-state index in [4.69, 9.17) is 4.74 Å². The summed E-state index contributed by atoms with van der Waals surface area (Å²) in [6.45, 7) is 2.01. The van der Waals surface area contributed by atoms with Crippen molar-refractivity contribution in [1.82, 2.24) is 9.38 Å². The fourth-order valence-corrected chi connectivity index (χ4v) is 4.40. The number of thiazole rings is 1. The number of amides is 1. The number of halogens is 1. The first-order chi connectivity index (χ1) is 13.5. The maximum atomic E-state index is 12.5. The topological polar surface area (TPSA) is 55.6 Å². The lowest BCUT2D eigenvalue weighted by molar-refractivity contribution is -0.115. The van der Waals surface area contributed by atoms with E-state index in [1.54, 1.807) is 7.11 Å². The highest BCUT2D eigenvalue weighted by Gasteiger charge is 2.13. The van der Waals surface area contributed by atoms with Gasteiger partial charge in [-0.2, -0.15) is 0 Å². The number of methoxy groups -OCH3 is 1. The zero-order valence-electron chi connectivity index (χ0n) is 15.4. The molecular formula is C21H18BrN3O2S. The third kappa shape index (κ3) is 3.81. The molecule has 2 aromatic heterocycles. The van der Waals surface area contributed by atoms with Gasteiger partial charge in [0.05, 0.1) is 24.9 Å². The molecule has 0 unspecified atom stereocenters. The van der Waals surface area contributed by atoms with E-state index in [-0.39, 0.29) is 12.3 Å². The second-order valence-electron chi connectivity index (χ2n) is 6.44. The summed E-state index contributed by atoms with van der Waals surface area (Å²) in [7, 11) is 1.65. The van der Waals surface area contributed by atoms with Crippen LogP contribution in [0.3, 0.4) is 0 Å². The van der Waals surface area contributed by atoms with Crippen LogP contribution in [0.15, 0.2) is 58.5 Å². The van der Waals surface area contributed by atoms with E-state index in [1.807, 2.05) is 65.4 Å². The molecule has 2 heterocycles. The van der Waals surface area contributed by atoms with E-state index in [9.17, 15) is 4.79 Å². The number of rotatable bonds is 5. The first-order valence-corrected chi connectivity index (χ1v) is 10.4. The van der Waals surface area contributed by atoms with Crippen LogP contribution in [0.4, 0.5) is 5.69 Å². The van der Waals surface area contributed by atoms with Crippen LogP contribution in [0.2, 0.25) is 0 Å². The van der Waals surface area contributed by atoms with Gasteiger partial charge >= 0.3 is 0 Å². The predicted molar refractivity (Wildman–Crippen MR) is 116 cm³/mol. The molecule has 4 rings (SSSR count). The lowest BCUT2D eigenvalue weighted by atomic mass is 10.2. The van der Waals surface area contributed by atoms with Crippen molar-refractivity contribution in [3.8, 4) is 17.0 Å². The molecule has 4 aromatic rings. The maximum absolute atomic E-state index is 12.5. The number of ether oxygens (including phenoxy) is 1. The third-order valence-corrected chi connectivity index (χ3v) is 5.95. The predicted octanol–water partition coefficient (Wildman–Crippen LogP) is 5.32. The Morgan fingerprint density at radius 3 is 2.75 bits per heavy atom. The van der Waals surface area contributed by atoms with Gasteiger partial charge in [-0.1, -0.05) is 6.07 Å². The SMILES string of the molecule is COc1ccc(-c2cn3c(CC(=O)Nc4ccc(C)cc4Br)csc3n2)cc1. The summed E-state index contributed by atoms with van der Waals surface area (Å²) in [6.07, 6.45) is 2.25. The van der Waals surface area contributed by atoms with E-state index in [0.29, 0.717) is 0 Å². The molecule has 0 saturated carbocycles. The Kier molecular flexibility index (Phi) is 5.19. The maximum Gasteiger partial charge on any atom is 0.230 e. The standard InChI is InChI=1S/C21H18BrN3O2S/c1-13-3-8-18(17(22)9-13)23-20(26)10-15-12-28-21-24-19(11-25(15)21)14-4-6-16(27-2)7-5-14/h3-9,11-12H,10H2,1-2H3,(H,23,26). The first-order valence-electron chi connectivity index (χ1n) is 8.69. The van der Waals surface area contributed by atoms with Crippen LogP contribution >= 0.6 is 27.3 Å². The lowest BCUT2D eigenvalue weighted by Crippen LogP contribution is -2.15. The number of carbonyl (C=O) groups is 1. The van der Waals surface area contributed by atoms with Crippen LogP contribution in [0.25, 0.3) is 16.2 Å². The molecule has 7 heteroatoms. The van der Waals surface area contributed by atoms with Crippen LogP contribution in [0, 0.1) is 6.92 Å². The van der Waals surface area contributed by atoms with Crippen LogP contribution in [0.5, 0.6) is 5.75 Å². The van der Waals surface area contributed by atoms with E-state index in [0.717, 1.165) is 43.4 Å². The van der Waals surface area contributed by atoms with E-state index >= 15 is 0 Å². The van der Waals surface area contributed by atoms with Crippen molar-refractivity contribution in [2.45, 2.75) is 13.3 Å². The monoisotopic (exact) mass is 455 g/mol. The normalized spacial score (nSPS) is 11.0. The summed E-state index contributed by atoms with van der Waals surface area (Å²) in [5.74, 6) is 0.744. The molecular weight excluding hydrogens is 438 g/mol. The van der Waals surface area contributed by atoms with Gasteiger partial charge in [0.2, 0.25) is 5.91 Å². The van der Waals surface area contributed by atoms with Crippen molar-refractivity contribution in [2.75, 3.05) is 12.4 Å². The number of anilines is 1. The number of fused-ring (bicyclic) bond motifs is 1. The zero-order valence-corrected chi connectivity index (χ0v) is 17.8. The Morgan fingerprint density at radius 1 is 1.25 bits per heavy atom. The fourth-order valence-electron chi connectivity index (χ4n) is 2.94. The fraction of sp³-hybridized carbons (Fsp3) is 0.143. The molecule has 2 aromatic carbocycles. The summed E-state index contributed by atoms with van der Waals surface area (Å²) < 4.78 is 8.06. The van der Waals surface area contributed by atoms with Gasteiger partial charge in [0.25, 0.3) is 0 Å². The minimum absolute atomic E-state index is 0.0658. The Morgan fingerprint density at radius 2 is 2.04 bits per heavy atom. The highest BCUT2D eigenvalue weighted by Crippen LogP contribution is 2.26. The van der Waals surface area contributed by atoms with Crippen molar-refractivity contribution in [2.24, 2.45) is 0 Å². The van der Waals surface area contributed by atoms with Crippen molar-refractivity contribution < 1.29 is 9.53 Å². The second-order valence-corrected chi connectivity index (χ2v) is 8.13. The Bertz CT molecular complexity index is 1150. The van der Waals surface area contributed by atoms with E-state index in [2.05, 4.69) is 26.2 Å². The molecule has 28 heavy (non-hydrogen) atoms. The highest BCUT2D eigenvalue weighted by atomic mass is 79.9. The molecule has 0 spiro atoms.